The lowest BCUT2D eigenvalue weighted by molar-refractivity contribution is -0.0395. The first-order valence-corrected chi connectivity index (χ1v) is 4.53. The first kappa shape index (κ1) is 12.8. The second kappa shape index (κ2) is 7.26. The third-order valence-electron chi connectivity index (χ3n) is 1.84. The smallest absolute Gasteiger partial charge is 0.0798 e. The van der Waals surface area contributed by atoms with Crippen LogP contribution in [-0.2, 0) is 9.47 Å². The number of aliphatic hydroxyl groups excluding tert-OH is 2. The zero-order chi connectivity index (χ0) is 10.3. The Morgan fingerprint density at radius 3 is 2.31 bits per heavy atom. The Morgan fingerprint density at radius 2 is 1.85 bits per heavy atom. The van der Waals surface area contributed by atoms with Crippen LogP contribution in [0.3, 0.4) is 0 Å². The van der Waals surface area contributed by atoms with Crippen LogP contribution in [0.15, 0.2) is 0 Å². The van der Waals surface area contributed by atoms with Crippen LogP contribution in [0.1, 0.15) is 20.3 Å². The average Bonchev–Trinajstić information content (AvgIpc) is 2.13. The molecule has 0 aromatic carbocycles. The van der Waals surface area contributed by atoms with Crippen LogP contribution in [0.5, 0.6) is 0 Å². The van der Waals surface area contributed by atoms with E-state index in [0.717, 1.165) is 0 Å². The summed E-state index contributed by atoms with van der Waals surface area (Å²) in [7, 11) is 1.61. The first-order chi connectivity index (χ1) is 6.10. The van der Waals surface area contributed by atoms with Crippen molar-refractivity contribution < 1.29 is 19.7 Å². The Kier molecular flexibility index (Phi) is 7.17. The highest BCUT2D eigenvalue weighted by Crippen LogP contribution is 2.02. The monoisotopic (exact) mass is 192 g/mol. The molecule has 0 spiro atoms. The van der Waals surface area contributed by atoms with Crippen LogP contribution in [0.2, 0.25) is 0 Å². The number of rotatable bonds is 7. The minimum Gasteiger partial charge on any atom is -0.394 e. The fourth-order valence-corrected chi connectivity index (χ4v) is 0.875. The van der Waals surface area contributed by atoms with Crippen LogP contribution in [0, 0.1) is 0 Å². The summed E-state index contributed by atoms with van der Waals surface area (Å²) >= 11 is 0. The van der Waals surface area contributed by atoms with Crippen molar-refractivity contribution in [1.29, 1.82) is 0 Å². The normalized spacial score (nSPS) is 18.2. The quantitative estimate of drug-likeness (QED) is 0.603. The molecule has 0 aromatic heterocycles. The number of ether oxygens (including phenoxy) is 2. The standard InChI is InChI=1S/C9H20O4/c1-7(12-3)4-9(11)6-13-8(2)5-10/h7-11H,4-6H2,1-3H3. The zero-order valence-corrected chi connectivity index (χ0v) is 8.56. The van der Waals surface area contributed by atoms with Crippen molar-refractivity contribution in [1.82, 2.24) is 0 Å². The molecule has 13 heavy (non-hydrogen) atoms. The molecule has 0 heterocycles. The molecular weight excluding hydrogens is 172 g/mol. The molecule has 0 fully saturated rings. The third-order valence-corrected chi connectivity index (χ3v) is 1.84. The van der Waals surface area contributed by atoms with E-state index in [-0.39, 0.29) is 25.4 Å². The molecule has 80 valence electrons. The molecule has 0 aliphatic rings. The molecule has 0 radical (unpaired) electrons. The van der Waals surface area contributed by atoms with Gasteiger partial charge in [0.25, 0.3) is 0 Å². The van der Waals surface area contributed by atoms with E-state index in [1.165, 1.54) is 0 Å². The Hall–Kier alpha value is -0.160. The third kappa shape index (κ3) is 6.95. The predicted octanol–water partition coefficient (Wildman–Crippen LogP) is 0.170. The van der Waals surface area contributed by atoms with E-state index in [1.807, 2.05) is 6.92 Å². The highest BCUT2D eigenvalue weighted by Gasteiger charge is 2.11. The van der Waals surface area contributed by atoms with Gasteiger partial charge in [0.1, 0.15) is 0 Å². The summed E-state index contributed by atoms with van der Waals surface area (Å²) in [5, 5.41) is 18.1. The first-order valence-electron chi connectivity index (χ1n) is 4.53. The molecule has 0 aliphatic heterocycles. The van der Waals surface area contributed by atoms with Gasteiger partial charge in [-0.05, 0) is 13.8 Å². The molecule has 4 heteroatoms. The van der Waals surface area contributed by atoms with Gasteiger partial charge in [-0.1, -0.05) is 0 Å². The van der Waals surface area contributed by atoms with E-state index in [0.29, 0.717) is 6.42 Å². The minimum atomic E-state index is -0.524. The Labute approximate surface area is 79.5 Å². The number of hydrogen-bond donors (Lipinski definition) is 2. The van der Waals surface area contributed by atoms with E-state index in [1.54, 1.807) is 14.0 Å². The number of hydrogen-bond acceptors (Lipinski definition) is 4. The second-order valence-electron chi connectivity index (χ2n) is 3.26. The molecular formula is C9H20O4. The van der Waals surface area contributed by atoms with Gasteiger partial charge in [-0.15, -0.1) is 0 Å². The highest BCUT2D eigenvalue weighted by atomic mass is 16.5. The van der Waals surface area contributed by atoms with Crippen molar-refractivity contribution in [3.8, 4) is 0 Å². The highest BCUT2D eigenvalue weighted by molar-refractivity contribution is 4.60. The van der Waals surface area contributed by atoms with Crippen molar-refractivity contribution in [3.05, 3.63) is 0 Å². The molecule has 0 amide bonds. The predicted molar refractivity (Wildman–Crippen MR) is 49.6 cm³/mol. The molecule has 3 atom stereocenters. The maximum absolute atomic E-state index is 9.41. The molecule has 2 N–H and O–H groups in total. The Morgan fingerprint density at radius 1 is 1.23 bits per heavy atom. The van der Waals surface area contributed by atoms with E-state index in [2.05, 4.69) is 0 Å². The van der Waals surface area contributed by atoms with E-state index >= 15 is 0 Å². The summed E-state index contributed by atoms with van der Waals surface area (Å²) in [5.74, 6) is 0. The number of methoxy groups -OCH3 is 1. The summed E-state index contributed by atoms with van der Waals surface area (Å²) in [6, 6.07) is 0. The molecule has 0 rings (SSSR count). The lowest BCUT2D eigenvalue weighted by Crippen LogP contribution is -2.25. The molecule has 0 aliphatic carbocycles. The molecule has 3 unspecified atom stereocenters. The van der Waals surface area contributed by atoms with Crippen molar-refractivity contribution in [2.24, 2.45) is 0 Å². The van der Waals surface area contributed by atoms with E-state index < -0.39 is 6.10 Å². The fourth-order valence-electron chi connectivity index (χ4n) is 0.875. The summed E-state index contributed by atoms with van der Waals surface area (Å²) in [4.78, 5) is 0. The van der Waals surface area contributed by atoms with Crippen molar-refractivity contribution in [2.45, 2.75) is 38.6 Å². The van der Waals surface area contributed by atoms with Crippen LogP contribution in [0.4, 0.5) is 0 Å². The van der Waals surface area contributed by atoms with Gasteiger partial charge >= 0.3 is 0 Å². The summed E-state index contributed by atoms with van der Waals surface area (Å²) in [5.41, 5.74) is 0. The van der Waals surface area contributed by atoms with Gasteiger partial charge in [0.05, 0.1) is 31.5 Å². The van der Waals surface area contributed by atoms with Crippen LogP contribution in [0.25, 0.3) is 0 Å². The van der Waals surface area contributed by atoms with Gasteiger partial charge < -0.3 is 19.7 Å². The van der Waals surface area contributed by atoms with Crippen molar-refractivity contribution in [3.63, 3.8) is 0 Å². The van der Waals surface area contributed by atoms with Crippen LogP contribution < -0.4 is 0 Å². The maximum atomic E-state index is 9.41. The Bertz CT molecular complexity index is 118. The fraction of sp³-hybridized carbons (Fsp3) is 1.00. The van der Waals surface area contributed by atoms with Crippen LogP contribution >= 0.6 is 0 Å². The minimum absolute atomic E-state index is 0.0213. The average molecular weight is 192 g/mol. The molecule has 0 aromatic rings. The molecule has 0 bridgehead atoms. The lowest BCUT2D eigenvalue weighted by atomic mass is 10.2. The van der Waals surface area contributed by atoms with E-state index in [9.17, 15) is 5.11 Å². The summed E-state index contributed by atoms with van der Waals surface area (Å²) < 4.78 is 10.1. The van der Waals surface area contributed by atoms with E-state index in [4.69, 9.17) is 14.6 Å². The van der Waals surface area contributed by atoms with Gasteiger partial charge in [0.15, 0.2) is 0 Å². The topological polar surface area (TPSA) is 58.9 Å². The SMILES string of the molecule is COC(C)CC(O)COC(C)CO. The van der Waals surface area contributed by atoms with Crippen LogP contribution in [-0.4, -0.2) is 48.8 Å². The van der Waals surface area contributed by atoms with Gasteiger partial charge in [-0.2, -0.15) is 0 Å². The molecule has 0 saturated heterocycles. The molecule has 4 nitrogen and oxygen atoms in total. The zero-order valence-electron chi connectivity index (χ0n) is 8.56. The Balaban J connectivity index is 3.45. The summed E-state index contributed by atoms with van der Waals surface area (Å²) in [6.45, 7) is 3.87. The molecule has 0 saturated carbocycles. The number of aliphatic hydroxyl groups is 2. The second-order valence-corrected chi connectivity index (χ2v) is 3.26. The maximum Gasteiger partial charge on any atom is 0.0798 e. The largest absolute Gasteiger partial charge is 0.394 e. The summed E-state index contributed by atoms with van der Waals surface area (Å²) in [6.07, 6.45) is -0.159. The van der Waals surface area contributed by atoms with Crippen molar-refractivity contribution in [2.75, 3.05) is 20.3 Å². The van der Waals surface area contributed by atoms with Gasteiger partial charge in [-0.3, -0.25) is 0 Å². The van der Waals surface area contributed by atoms with Gasteiger partial charge in [-0.25, -0.2) is 0 Å². The van der Waals surface area contributed by atoms with Gasteiger partial charge in [0, 0.05) is 13.5 Å². The van der Waals surface area contributed by atoms with Gasteiger partial charge in [0.2, 0.25) is 0 Å². The van der Waals surface area contributed by atoms with Crippen molar-refractivity contribution >= 4 is 0 Å². The lowest BCUT2D eigenvalue weighted by Gasteiger charge is -2.17.